The topological polar surface area (TPSA) is 67.2 Å². The summed E-state index contributed by atoms with van der Waals surface area (Å²) in [6, 6.07) is 8.22. The molecule has 152 valence electrons. The third-order valence-electron chi connectivity index (χ3n) is 5.18. The Morgan fingerprint density at radius 2 is 1.97 bits per heavy atom. The molecule has 2 aromatic heterocycles. The van der Waals surface area contributed by atoms with Gasteiger partial charge in [-0.05, 0) is 36.8 Å². The van der Waals surface area contributed by atoms with Crippen molar-refractivity contribution in [3.8, 4) is 0 Å². The van der Waals surface area contributed by atoms with E-state index in [1.807, 2.05) is 11.4 Å². The average molecular weight is 415 g/mol. The Kier molecular flexibility index (Phi) is 5.89. The van der Waals surface area contributed by atoms with Gasteiger partial charge in [-0.3, -0.25) is 14.2 Å². The number of carbonyl (C=O) groups excluding carboxylic acids is 1. The highest BCUT2D eigenvalue weighted by Crippen LogP contribution is 2.22. The van der Waals surface area contributed by atoms with Gasteiger partial charge in [-0.25, -0.2) is 9.37 Å². The second-order valence-corrected chi connectivity index (χ2v) is 8.09. The van der Waals surface area contributed by atoms with Crippen LogP contribution in [0.15, 0.2) is 40.5 Å². The molecule has 6 nitrogen and oxygen atoms in total. The molecular weight excluding hydrogens is 391 g/mol. The van der Waals surface area contributed by atoms with Gasteiger partial charge in [-0.2, -0.15) is 0 Å². The summed E-state index contributed by atoms with van der Waals surface area (Å²) >= 11 is 1.37. The summed E-state index contributed by atoms with van der Waals surface area (Å²) < 4.78 is 15.9. The van der Waals surface area contributed by atoms with Crippen molar-refractivity contribution in [1.82, 2.24) is 14.9 Å². The number of fused-ring (bicyclic) bond motifs is 1. The van der Waals surface area contributed by atoms with Crippen LogP contribution in [0.4, 0.5) is 10.3 Å². The highest BCUT2D eigenvalue weighted by molar-refractivity contribution is 7.17. The Morgan fingerprint density at radius 1 is 1.17 bits per heavy atom. The Morgan fingerprint density at radius 3 is 2.76 bits per heavy atom. The maximum absolute atomic E-state index is 13.7. The van der Waals surface area contributed by atoms with Crippen LogP contribution in [0.5, 0.6) is 0 Å². The van der Waals surface area contributed by atoms with Crippen molar-refractivity contribution in [3.05, 3.63) is 57.4 Å². The van der Waals surface area contributed by atoms with Gasteiger partial charge in [0.1, 0.15) is 10.5 Å². The molecule has 4 rings (SSSR count). The van der Waals surface area contributed by atoms with Crippen molar-refractivity contribution in [1.29, 1.82) is 0 Å². The first kappa shape index (κ1) is 19.6. The number of benzene rings is 1. The van der Waals surface area contributed by atoms with Gasteiger partial charge in [0.2, 0.25) is 11.9 Å². The van der Waals surface area contributed by atoms with Crippen LogP contribution in [0.3, 0.4) is 0 Å². The smallest absolute Gasteiger partial charge is 0.272 e. The van der Waals surface area contributed by atoms with E-state index in [-0.39, 0.29) is 36.8 Å². The zero-order valence-electron chi connectivity index (χ0n) is 16.1. The predicted molar refractivity (Wildman–Crippen MR) is 113 cm³/mol. The highest BCUT2D eigenvalue weighted by atomic mass is 32.1. The van der Waals surface area contributed by atoms with Crippen molar-refractivity contribution in [2.45, 2.75) is 38.8 Å². The molecule has 0 spiro atoms. The molecule has 3 heterocycles. The molecule has 0 aliphatic carbocycles. The number of nitrogens with one attached hydrogen (secondary N) is 1. The minimum atomic E-state index is -0.344. The molecule has 1 aromatic carbocycles. The number of rotatable bonds is 6. The molecule has 1 saturated heterocycles. The zero-order valence-corrected chi connectivity index (χ0v) is 16.9. The fourth-order valence-corrected chi connectivity index (χ4v) is 4.38. The number of piperidine rings is 1. The minimum absolute atomic E-state index is 0.104. The lowest BCUT2D eigenvalue weighted by molar-refractivity contribution is -0.121. The number of aromatic nitrogens is 2. The lowest BCUT2D eigenvalue weighted by Gasteiger charge is -2.29. The molecule has 0 radical (unpaired) electrons. The average Bonchev–Trinajstić information content (AvgIpc) is 3.22. The van der Waals surface area contributed by atoms with Crippen LogP contribution >= 0.6 is 11.3 Å². The van der Waals surface area contributed by atoms with E-state index in [2.05, 4.69) is 10.2 Å². The largest absolute Gasteiger partial charge is 0.352 e. The second kappa shape index (κ2) is 8.73. The third kappa shape index (κ3) is 4.32. The van der Waals surface area contributed by atoms with E-state index >= 15 is 0 Å². The van der Waals surface area contributed by atoms with Gasteiger partial charge in [0.25, 0.3) is 5.56 Å². The first-order valence-corrected chi connectivity index (χ1v) is 10.7. The first-order chi connectivity index (χ1) is 14.1. The number of amides is 1. The van der Waals surface area contributed by atoms with Gasteiger partial charge < -0.3 is 10.2 Å². The number of anilines is 1. The Balaban J connectivity index is 1.50. The van der Waals surface area contributed by atoms with Gasteiger partial charge in [0.05, 0.1) is 5.52 Å². The van der Waals surface area contributed by atoms with E-state index in [1.54, 1.807) is 22.8 Å². The molecular formula is C21H23FN4O2S. The van der Waals surface area contributed by atoms with E-state index in [4.69, 9.17) is 4.98 Å². The summed E-state index contributed by atoms with van der Waals surface area (Å²) in [7, 11) is 0. The quantitative estimate of drug-likeness (QED) is 0.672. The number of carbonyl (C=O) groups is 1. The Labute approximate surface area is 172 Å². The first-order valence-electron chi connectivity index (χ1n) is 9.86. The van der Waals surface area contributed by atoms with Crippen LogP contribution in [0, 0.1) is 5.82 Å². The normalized spacial score (nSPS) is 14.3. The molecule has 0 saturated carbocycles. The fraction of sp³-hybridized carbons (Fsp3) is 0.381. The van der Waals surface area contributed by atoms with Crippen molar-refractivity contribution >= 4 is 33.4 Å². The molecule has 0 unspecified atom stereocenters. The fourth-order valence-electron chi connectivity index (χ4n) is 3.61. The molecule has 1 N–H and O–H groups in total. The van der Waals surface area contributed by atoms with Crippen LogP contribution in [-0.4, -0.2) is 28.5 Å². The highest BCUT2D eigenvalue weighted by Gasteiger charge is 2.20. The lowest BCUT2D eigenvalue weighted by Crippen LogP contribution is -2.37. The molecule has 3 aromatic rings. The van der Waals surface area contributed by atoms with Crippen LogP contribution in [0.2, 0.25) is 0 Å². The number of thiophene rings is 1. The SMILES string of the molecule is O=C(CCn1c(N2CCCCC2)nc2ccsc2c1=O)NCc1ccccc1F. The zero-order chi connectivity index (χ0) is 20.2. The minimum Gasteiger partial charge on any atom is -0.352 e. The van der Waals surface area contributed by atoms with E-state index < -0.39 is 0 Å². The van der Waals surface area contributed by atoms with Crippen molar-refractivity contribution in [2.24, 2.45) is 0 Å². The second-order valence-electron chi connectivity index (χ2n) is 7.17. The lowest BCUT2D eigenvalue weighted by atomic mass is 10.1. The summed E-state index contributed by atoms with van der Waals surface area (Å²) in [4.78, 5) is 32.2. The third-order valence-corrected chi connectivity index (χ3v) is 6.07. The molecule has 0 bridgehead atoms. The van der Waals surface area contributed by atoms with E-state index in [9.17, 15) is 14.0 Å². The summed E-state index contributed by atoms with van der Waals surface area (Å²) in [5.74, 6) is 0.0716. The van der Waals surface area contributed by atoms with Gasteiger partial charge in [-0.15, -0.1) is 11.3 Å². The van der Waals surface area contributed by atoms with Crippen LogP contribution < -0.4 is 15.8 Å². The maximum Gasteiger partial charge on any atom is 0.272 e. The molecule has 1 aliphatic heterocycles. The van der Waals surface area contributed by atoms with E-state index in [0.29, 0.717) is 21.7 Å². The monoisotopic (exact) mass is 414 g/mol. The van der Waals surface area contributed by atoms with E-state index in [0.717, 1.165) is 25.9 Å². The molecule has 1 fully saturated rings. The summed E-state index contributed by atoms with van der Waals surface area (Å²) in [6.45, 7) is 2.10. The van der Waals surface area contributed by atoms with Crippen molar-refractivity contribution < 1.29 is 9.18 Å². The molecule has 1 aliphatic rings. The summed E-state index contributed by atoms with van der Waals surface area (Å²) in [6.07, 6.45) is 3.45. The van der Waals surface area contributed by atoms with Gasteiger partial charge in [0.15, 0.2) is 0 Å². The van der Waals surface area contributed by atoms with Crippen molar-refractivity contribution in [2.75, 3.05) is 18.0 Å². The number of halogens is 1. The molecule has 0 atom stereocenters. The molecule has 1 amide bonds. The molecule has 29 heavy (non-hydrogen) atoms. The number of nitrogens with zero attached hydrogens (tertiary/aromatic N) is 3. The van der Waals surface area contributed by atoms with Crippen molar-refractivity contribution in [3.63, 3.8) is 0 Å². The number of hydrogen-bond donors (Lipinski definition) is 1. The summed E-state index contributed by atoms with van der Waals surface area (Å²) in [5.41, 5.74) is 1.04. The predicted octanol–water partition coefficient (Wildman–Crippen LogP) is 3.29. The standard InChI is InChI=1S/C21H23FN4O2S/c22-16-7-3-2-6-15(16)14-23-18(27)8-12-26-20(28)19-17(9-13-29-19)24-21(26)25-10-4-1-5-11-25/h2-3,6-7,9,13H,1,4-5,8,10-12,14H2,(H,23,27). The Hall–Kier alpha value is -2.74. The van der Waals surface area contributed by atoms with Crippen LogP contribution in [0.25, 0.3) is 10.2 Å². The van der Waals surface area contributed by atoms with Gasteiger partial charge >= 0.3 is 0 Å². The van der Waals surface area contributed by atoms with Crippen LogP contribution in [0.1, 0.15) is 31.2 Å². The Bertz CT molecular complexity index is 1070. The van der Waals surface area contributed by atoms with Gasteiger partial charge in [0, 0.05) is 38.2 Å². The maximum atomic E-state index is 13.7. The molecule has 8 heteroatoms. The van der Waals surface area contributed by atoms with Gasteiger partial charge in [-0.1, -0.05) is 18.2 Å². The summed E-state index contributed by atoms with van der Waals surface area (Å²) in [5, 5.41) is 4.60. The van der Waals surface area contributed by atoms with E-state index in [1.165, 1.54) is 23.8 Å². The number of hydrogen-bond acceptors (Lipinski definition) is 5. The van der Waals surface area contributed by atoms with Crippen LogP contribution in [-0.2, 0) is 17.9 Å².